The van der Waals surface area contributed by atoms with Crippen molar-refractivity contribution in [3.8, 4) is 5.75 Å². The molecule has 2 amide bonds. The summed E-state index contributed by atoms with van der Waals surface area (Å²) in [6.07, 6.45) is -1.75. The summed E-state index contributed by atoms with van der Waals surface area (Å²) < 4.78 is 52.7. The molecule has 2 heterocycles. The van der Waals surface area contributed by atoms with Crippen LogP contribution in [0, 0.1) is 0 Å². The zero-order chi connectivity index (χ0) is 28.7. The number of amides is 2. The van der Waals surface area contributed by atoms with Crippen LogP contribution in [-0.4, -0.2) is 40.4 Å². The molecule has 1 aliphatic carbocycles. The highest BCUT2D eigenvalue weighted by atomic mass is 19.4. The highest BCUT2D eigenvalue weighted by molar-refractivity contribution is 6.08. The summed E-state index contributed by atoms with van der Waals surface area (Å²) in [5.41, 5.74) is -2.69. The molecule has 0 unspecified atom stereocenters. The van der Waals surface area contributed by atoms with Gasteiger partial charge in [0.1, 0.15) is 17.4 Å². The highest BCUT2D eigenvalue weighted by Gasteiger charge is 2.57. The number of rotatable bonds is 7. The van der Waals surface area contributed by atoms with Gasteiger partial charge in [-0.1, -0.05) is 25.0 Å². The minimum absolute atomic E-state index is 0.0602. The third kappa shape index (κ3) is 4.91. The van der Waals surface area contributed by atoms with E-state index in [4.69, 9.17) is 9.15 Å². The first-order valence-electron chi connectivity index (χ1n) is 12.8. The number of hydrogen-bond acceptors (Lipinski definition) is 5. The molecule has 1 saturated carbocycles. The Bertz CT molecular complexity index is 1430. The fourth-order valence-corrected chi connectivity index (χ4v) is 6.00. The van der Waals surface area contributed by atoms with Crippen molar-refractivity contribution in [1.82, 2.24) is 4.90 Å². The summed E-state index contributed by atoms with van der Waals surface area (Å²) in [7, 11) is 1.49. The first-order chi connectivity index (χ1) is 19.0. The highest BCUT2D eigenvalue weighted by Crippen LogP contribution is 2.53. The van der Waals surface area contributed by atoms with Crippen LogP contribution < -0.4 is 10.1 Å². The average molecular weight is 557 g/mol. The predicted octanol–water partition coefficient (Wildman–Crippen LogP) is 5.63. The Morgan fingerprint density at radius 1 is 1.15 bits per heavy atom. The number of benzene rings is 2. The zero-order valence-electron chi connectivity index (χ0n) is 21.6. The van der Waals surface area contributed by atoms with E-state index in [0.29, 0.717) is 48.8 Å². The molecule has 1 aliphatic heterocycles. The fourth-order valence-electron chi connectivity index (χ4n) is 6.00. The number of hydrogen-bond donors (Lipinski definition) is 2. The normalized spacial score (nSPS) is 18.1. The van der Waals surface area contributed by atoms with Crippen LogP contribution in [0.5, 0.6) is 5.75 Å². The summed E-state index contributed by atoms with van der Waals surface area (Å²) in [4.78, 5) is 41.3. The molecule has 0 radical (unpaired) electrons. The maximum atomic E-state index is 14.1. The lowest BCUT2D eigenvalue weighted by molar-refractivity contribution is -0.144. The zero-order valence-corrected chi connectivity index (χ0v) is 21.6. The maximum absolute atomic E-state index is 14.1. The molecule has 1 fully saturated rings. The molecule has 8 nitrogen and oxygen atoms in total. The van der Waals surface area contributed by atoms with E-state index in [2.05, 4.69) is 5.32 Å². The van der Waals surface area contributed by atoms with E-state index in [9.17, 15) is 32.7 Å². The number of nitrogens with zero attached hydrogens (tertiary/aromatic N) is 1. The molecule has 5 rings (SSSR count). The Morgan fingerprint density at radius 2 is 1.85 bits per heavy atom. The lowest BCUT2D eigenvalue weighted by atomic mass is 9.70. The molecule has 210 valence electrons. The number of carbonyl (C=O) groups excluding carboxylic acids is 2. The van der Waals surface area contributed by atoms with Crippen molar-refractivity contribution in [2.24, 2.45) is 0 Å². The van der Waals surface area contributed by atoms with Gasteiger partial charge in [0.2, 0.25) is 5.91 Å². The number of halogens is 3. The Morgan fingerprint density at radius 3 is 2.42 bits per heavy atom. The third-order valence-corrected chi connectivity index (χ3v) is 7.75. The number of ether oxygens (including phenoxy) is 1. The monoisotopic (exact) mass is 556 g/mol. The summed E-state index contributed by atoms with van der Waals surface area (Å²) in [6.45, 7) is -0.0602. The van der Waals surface area contributed by atoms with Crippen LogP contribution in [0.15, 0.2) is 59.2 Å². The lowest BCUT2D eigenvalue weighted by Gasteiger charge is -2.49. The number of methoxy groups -OCH3 is 1. The smallest absolute Gasteiger partial charge is 0.416 e. The van der Waals surface area contributed by atoms with Gasteiger partial charge in [-0.15, -0.1) is 0 Å². The van der Waals surface area contributed by atoms with E-state index < -0.39 is 41.0 Å². The molecule has 1 aromatic heterocycles. The molecule has 1 atom stereocenters. The van der Waals surface area contributed by atoms with Gasteiger partial charge in [0.05, 0.1) is 48.7 Å². The Kier molecular flexibility index (Phi) is 7.07. The Labute approximate surface area is 227 Å². The second-order valence-corrected chi connectivity index (χ2v) is 10.1. The van der Waals surface area contributed by atoms with E-state index in [1.54, 1.807) is 36.4 Å². The van der Waals surface area contributed by atoms with Gasteiger partial charge in [-0.05, 0) is 60.4 Å². The van der Waals surface area contributed by atoms with Crippen LogP contribution in [0.1, 0.15) is 64.4 Å². The number of carboxylic acids is 1. The lowest BCUT2D eigenvalue weighted by Crippen LogP contribution is -2.59. The van der Waals surface area contributed by atoms with Crippen molar-refractivity contribution in [2.45, 2.75) is 56.3 Å². The van der Waals surface area contributed by atoms with Gasteiger partial charge in [0, 0.05) is 0 Å². The van der Waals surface area contributed by atoms with Gasteiger partial charge < -0.3 is 24.5 Å². The third-order valence-electron chi connectivity index (χ3n) is 7.75. The molecular weight excluding hydrogens is 529 g/mol. The molecule has 0 saturated heterocycles. The molecule has 40 heavy (non-hydrogen) atoms. The quantitative estimate of drug-likeness (QED) is 0.391. The SMILES string of the molecule is COc1ccc(CC(=O)Nc2cc(C(F)(F)F)cc3c2C(=O)N(Cc2ccco2)C2(CCCC2)[C@@H]3C(=O)O)cc1. The number of alkyl halides is 3. The van der Waals surface area contributed by atoms with Crippen molar-refractivity contribution in [3.05, 3.63) is 82.8 Å². The van der Waals surface area contributed by atoms with Crippen LogP contribution >= 0.6 is 0 Å². The number of carboxylic acid groups (broad SMARTS) is 1. The van der Waals surface area contributed by atoms with Gasteiger partial charge in [-0.2, -0.15) is 13.2 Å². The minimum Gasteiger partial charge on any atom is -0.497 e. The molecule has 0 bridgehead atoms. The first-order valence-corrected chi connectivity index (χ1v) is 12.8. The Hall–Kier alpha value is -4.28. The van der Waals surface area contributed by atoms with E-state index in [1.807, 2.05) is 0 Å². The largest absolute Gasteiger partial charge is 0.497 e. The van der Waals surface area contributed by atoms with Gasteiger partial charge in [0.25, 0.3) is 5.91 Å². The van der Waals surface area contributed by atoms with E-state index in [0.717, 1.165) is 6.07 Å². The van der Waals surface area contributed by atoms with E-state index in [-0.39, 0.29) is 29.8 Å². The summed E-state index contributed by atoms with van der Waals surface area (Å²) >= 11 is 0. The second-order valence-electron chi connectivity index (χ2n) is 10.1. The molecule has 2 aliphatic rings. The van der Waals surface area contributed by atoms with Crippen molar-refractivity contribution in [3.63, 3.8) is 0 Å². The molecule has 1 spiro atoms. The Balaban J connectivity index is 1.62. The number of aliphatic carboxylic acids is 1. The molecule has 2 aromatic carbocycles. The predicted molar refractivity (Wildman–Crippen MR) is 137 cm³/mol. The van der Waals surface area contributed by atoms with Crippen LogP contribution in [0.2, 0.25) is 0 Å². The van der Waals surface area contributed by atoms with Crippen LogP contribution in [0.25, 0.3) is 0 Å². The van der Waals surface area contributed by atoms with Crippen LogP contribution in [-0.2, 0) is 28.7 Å². The topological polar surface area (TPSA) is 109 Å². The summed E-state index contributed by atoms with van der Waals surface area (Å²) in [6, 6.07) is 11.3. The van der Waals surface area contributed by atoms with Crippen molar-refractivity contribution in [2.75, 3.05) is 12.4 Å². The number of fused-ring (bicyclic) bond motifs is 1. The second kappa shape index (κ2) is 10.4. The fraction of sp³-hybridized carbons (Fsp3) is 0.345. The molecular formula is C29H27F3N2O6. The summed E-state index contributed by atoms with van der Waals surface area (Å²) in [5.74, 6) is -3.11. The van der Waals surface area contributed by atoms with Crippen molar-refractivity contribution < 1.29 is 41.8 Å². The molecule has 3 aromatic rings. The standard InChI is InChI=1S/C29H27F3N2O6/c1-39-19-8-6-17(7-9-19)13-23(35)33-22-15-18(29(30,31)32)14-21-24(22)26(36)34(16-20-5-4-12-40-20)28(10-2-3-11-28)25(21)27(37)38/h4-9,12,14-15,25H,2-3,10-11,13,16H2,1H3,(H,33,35)(H,37,38)/t25-/m0/s1. The van der Waals surface area contributed by atoms with Gasteiger partial charge >= 0.3 is 12.1 Å². The maximum Gasteiger partial charge on any atom is 0.416 e. The van der Waals surface area contributed by atoms with Crippen LogP contribution in [0.3, 0.4) is 0 Å². The van der Waals surface area contributed by atoms with Crippen molar-refractivity contribution >= 4 is 23.5 Å². The average Bonchev–Trinajstić information content (AvgIpc) is 3.59. The van der Waals surface area contributed by atoms with E-state index in [1.165, 1.54) is 18.3 Å². The molecule has 2 N–H and O–H groups in total. The molecule has 11 heteroatoms. The van der Waals surface area contributed by atoms with Gasteiger partial charge in [-0.3, -0.25) is 14.4 Å². The summed E-state index contributed by atoms with van der Waals surface area (Å²) in [5, 5.41) is 12.9. The number of carbonyl (C=O) groups is 3. The van der Waals surface area contributed by atoms with Gasteiger partial charge in [-0.25, -0.2) is 0 Å². The van der Waals surface area contributed by atoms with E-state index >= 15 is 0 Å². The number of anilines is 1. The number of nitrogens with one attached hydrogen (secondary N) is 1. The minimum atomic E-state index is -4.84. The van der Waals surface area contributed by atoms with Crippen molar-refractivity contribution in [1.29, 1.82) is 0 Å². The van der Waals surface area contributed by atoms with Crippen LogP contribution in [0.4, 0.5) is 18.9 Å². The number of furan rings is 1. The first kappa shape index (κ1) is 27.3. The van der Waals surface area contributed by atoms with Gasteiger partial charge in [0.15, 0.2) is 0 Å².